The molecule has 1 aromatic carbocycles. The summed E-state index contributed by atoms with van der Waals surface area (Å²) in [6.45, 7) is 0.666. The van der Waals surface area contributed by atoms with Crippen LogP contribution in [0.25, 0.3) is 0 Å². The van der Waals surface area contributed by atoms with Crippen LogP contribution in [0, 0.1) is 5.82 Å². The Kier molecular flexibility index (Phi) is 3.94. The topological polar surface area (TPSA) is 53.1 Å². The molecular weight excluding hydrogens is 233 g/mol. The number of nitrogens with zero attached hydrogens (tertiary/aromatic N) is 2. The van der Waals surface area contributed by atoms with Crippen molar-refractivity contribution in [3.8, 4) is 5.75 Å². The van der Waals surface area contributed by atoms with Crippen molar-refractivity contribution in [3.63, 3.8) is 0 Å². The molecule has 0 aliphatic heterocycles. The first-order valence-corrected chi connectivity index (χ1v) is 5.78. The predicted octanol–water partition coefficient (Wildman–Crippen LogP) is 1.64. The van der Waals surface area contributed by atoms with Crippen LogP contribution in [0.1, 0.15) is 11.1 Å². The molecular formula is C13H16FN3O. The zero-order chi connectivity index (χ0) is 13.0. The van der Waals surface area contributed by atoms with Gasteiger partial charge in [0.2, 0.25) is 0 Å². The van der Waals surface area contributed by atoms with Gasteiger partial charge in [-0.25, -0.2) is 4.39 Å². The van der Waals surface area contributed by atoms with Gasteiger partial charge in [-0.3, -0.25) is 4.68 Å². The number of nitrogens with two attached hydrogens (primary N) is 1. The summed E-state index contributed by atoms with van der Waals surface area (Å²) in [6.07, 6.45) is 4.37. The van der Waals surface area contributed by atoms with Gasteiger partial charge >= 0.3 is 0 Å². The van der Waals surface area contributed by atoms with Gasteiger partial charge in [0.25, 0.3) is 0 Å². The lowest BCUT2D eigenvalue weighted by atomic mass is 10.2. The van der Waals surface area contributed by atoms with Crippen LogP contribution in [-0.2, 0) is 20.0 Å². The van der Waals surface area contributed by atoms with E-state index in [1.807, 2.05) is 13.2 Å². The molecule has 2 aromatic rings. The summed E-state index contributed by atoms with van der Waals surface area (Å²) in [7, 11) is 1.85. The first kappa shape index (κ1) is 12.6. The van der Waals surface area contributed by atoms with E-state index in [2.05, 4.69) is 5.10 Å². The monoisotopic (exact) mass is 249 g/mol. The summed E-state index contributed by atoms with van der Waals surface area (Å²) in [5.41, 5.74) is 7.29. The third-order valence-corrected chi connectivity index (χ3v) is 2.66. The van der Waals surface area contributed by atoms with E-state index in [1.165, 1.54) is 6.07 Å². The number of ether oxygens (including phenoxy) is 1. The van der Waals surface area contributed by atoms with Crippen molar-refractivity contribution in [1.29, 1.82) is 0 Å². The fourth-order valence-electron chi connectivity index (χ4n) is 1.75. The van der Waals surface area contributed by atoms with E-state index >= 15 is 0 Å². The Hall–Kier alpha value is -1.88. The molecule has 0 amide bonds. The molecule has 96 valence electrons. The molecule has 0 saturated heterocycles. The summed E-state index contributed by atoms with van der Waals surface area (Å²) in [5, 5.41) is 4.06. The lowest BCUT2D eigenvalue weighted by Gasteiger charge is -2.10. The number of para-hydroxylation sites is 1. The molecule has 1 aromatic heterocycles. The van der Waals surface area contributed by atoms with E-state index in [0.29, 0.717) is 18.6 Å². The Bertz CT molecular complexity index is 525. The van der Waals surface area contributed by atoms with Crippen molar-refractivity contribution in [2.24, 2.45) is 12.8 Å². The molecule has 2 rings (SSSR count). The first-order chi connectivity index (χ1) is 8.70. The smallest absolute Gasteiger partial charge is 0.165 e. The molecule has 1 heterocycles. The molecule has 0 atom stereocenters. The molecule has 0 saturated carbocycles. The van der Waals surface area contributed by atoms with Crippen LogP contribution in [0.4, 0.5) is 4.39 Å². The predicted molar refractivity (Wildman–Crippen MR) is 66.7 cm³/mol. The highest BCUT2D eigenvalue weighted by atomic mass is 19.1. The third kappa shape index (κ3) is 2.87. The van der Waals surface area contributed by atoms with Crippen LogP contribution >= 0.6 is 0 Å². The van der Waals surface area contributed by atoms with Gasteiger partial charge in [-0.05, 0) is 11.6 Å². The number of aromatic nitrogens is 2. The molecule has 0 aliphatic carbocycles. The molecule has 0 fully saturated rings. The number of hydrogen-bond acceptors (Lipinski definition) is 3. The lowest BCUT2D eigenvalue weighted by Crippen LogP contribution is -2.07. The summed E-state index contributed by atoms with van der Waals surface area (Å²) in [6, 6.07) is 4.77. The zero-order valence-corrected chi connectivity index (χ0v) is 10.3. The van der Waals surface area contributed by atoms with Gasteiger partial charge in [-0.2, -0.15) is 5.10 Å². The molecule has 2 N–H and O–H groups in total. The number of halogens is 1. The quantitative estimate of drug-likeness (QED) is 0.876. The number of benzene rings is 1. The van der Waals surface area contributed by atoms with Crippen molar-refractivity contribution in [1.82, 2.24) is 9.78 Å². The summed E-state index contributed by atoms with van der Waals surface area (Å²) < 4.78 is 20.8. The van der Waals surface area contributed by atoms with Crippen LogP contribution in [0.5, 0.6) is 5.75 Å². The van der Waals surface area contributed by atoms with E-state index in [-0.39, 0.29) is 18.1 Å². The molecule has 0 unspecified atom stereocenters. The van der Waals surface area contributed by atoms with E-state index in [1.54, 1.807) is 23.0 Å². The molecule has 0 aliphatic rings. The normalized spacial score (nSPS) is 10.6. The van der Waals surface area contributed by atoms with Gasteiger partial charge in [0.05, 0.1) is 12.8 Å². The van der Waals surface area contributed by atoms with Gasteiger partial charge in [-0.15, -0.1) is 0 Å². The summed E-state index contributed by atoms with van der Waals surface area (Å²) in [4.78, 5) is 0. The standard InChI is InChI=1S/C13H16FN3O/c1-17-9-10(8-16-17)5-6-18-13-11(7-15)3-2-4-12(13)14/h2-4,8-9H,5-7,15H2,1H3. The maximum Gasteiger partial charge on any atom is 0.165 e. The highest BCUT2D eigenvalue weighted by Gasteiger charge is 2.08. The maximum absolute atomic E-state index is 13.6. The average molecular weight is 249 g/mol. The number of rotatable bonds is 5. The minimum Gasteiger partial charge on any atom is -0.490 e. The van der Waals surface area contributed by atoms with Crippen molar-refractivity contribution in [2.75, 3.05) is 6.61 Å². The highest BCUT2D eigenvalue weighted by molar-refractivity contribution is 5.34. The van der Waals surface area contributed by atoms with E-state index in [0.717, 1.165) is 5.56 Å². The third-order valence-electron chi connectivity index (χ3n) is 2.66. The second-order valence-corrected chi connectivity index (χ2v) is 4.05. The van der Waals surface area contributed by atoms with E-state index in [4.69, 9.17) is 10.5 Å². The summed E-state index contributed by atoms with van der Waals surface area (Å²) >= 11 is 0. The van der Waals surface area contributed by atoms with Crippen LogP contribution in [0.15, 0.2) is 30.6 Å². The molecule has 0 bridgehead atoms. The molecule has 0 spiro atoms. The van der Waals surface area contributed by atoms with E-state index < -0.39 is 0 Å². The molecule has 5 heteroatoms. The highest BCUT2D eigenvalue weighted by Crippen LogP contribution is 2.22. The molecule has 4 nitrogen and oxygen atoms in total. The Labute approximate surface area is 105 Å². The molecule has 18 heavy (non-hydrogen) atoms. The maximum atomic E-state index is 13.6. The second kappa shape index (κ2) is 5.64. The van der Waals surface area contributed by atoms with Crippen molar-refractivity contribution in [2.45, 2.75) is 13.0 Å². The van der Waals surface area contributed by atoms with Gasteiger partial charge in [0, 0.05) is 31.8 Å². The SMILES string of the molecule is Cn1cc(CCOc2c(F)cccc2CN)cn1. The van der Waals surface area contributed by atoms with Crippen LogP contribution in [0.3, 0.4) is 0 Å². The number of aryl methyl sites for hydroxylation is 1. The second-order valence-electron chi connectivity index (χ2n) is 4.05. The zero-order valence-electron chi connectivity index (χ0n) is 10.3. The van der Waals surface area contributed by atoms with Gasteiger partial charge in [0.15, 0.2) is 11.6 Å². The van der Waals surface area contributed by atoms with Crippen molar-refractivity contribution in [3.05, 3.63) is 47.5 Å². The Morgan fingerprint density at radius 2 is 2.28 bits per heavy atom. The summed E-state index contributed by atoms with van der Waals surface area (Å²) in [5.74, 6) is -0.118. The number of hydrogen-bond donors (Lipinski definition) is 1. The fourth-order valence-corrected chi connectivity index (χ4v) is 1.75. The minimum atomic E-state index is -0.371. The minimum absolute atomic E-state index is 0.254. The van der Waals surface area contributed by atoms with Crippen molar-refractivity contribution >= 4 is 0 Å². The van der Waals surface area contributed by atoms with Crippen LogP contribution in [-0.4, -0.2) is 16.4 Å². The first-order valence-electron chi connectivity index (χ1n) is 5.78. The largest absolute Gasteiger partial charge is 0.490 e. The average Bonchev–Trinajstić information content (AvgIpc) is 2.77. The fraction of sp³-hybridized carbons (Fsp3) is 0.308. The van der Waals surface area contributed by atoms with Crippen LogP contribution in [0.2, 0.25) is 0 Å². The Morgan fingerprint density at radius 1 is 1.44 bits per heavy atom. The lowest BCUT2D eigenvalue weighted by molar-refractivity contribution is 0.302. The van der Waals surface area contributed by atoms with Crippen LogP contribution < -0.4 is 10.5 Å². The Balaban J connectivity index is 1.98. The van der Waals surface area contributed by atoms with Crippen molar-refractivity contribution < 1.29 is 9.13 Å². The van der Waals surface area contributed by atoms with Gasteiger partial charge in [0.1, 0.15) is 0 Å². The van der Waals surface area contributed by atoms with Gasteiger partial charge in [-0.1, -0.05) is 12.1 Å². The van der Waals surface area contributed by atoms with Gasteiger partial charge < -0.3 is 10.5 Å². The Morgan fingerprint density at radius 3 is 2.94 bits per heavy atom. The van der Waals surface area contributed by atoms with E-state index in [9.17, 15) is 4.39 Å². The molecule has 0 radical (unpaired) electrons.